The number of nitrogens with zero attached hydrogens (tertiary/aromatic N) is 6. The molecular weight excluding hydrogens is 368 g/mol. The lowest BCUT2D eigenvalue weighted by molar-refractivity contribution is 0.421. The standard InChI is InChI=1S/C17H14N6O5/c1-20-12-11(15(26)21(2)17(20)27)23-14(25)10(19-28)13(24)22(16(23)18-12)8-9-6-4-3-5-7-9/h3-7,24H,8H2,1-2H3. The molecule has 4 rings (SSSR count). The Morgan fingerprint density at radius 1 is 1.04 bits per heavy atom. The smallest absolute Gasteiger partial charge is 0.332 e. The molecule has 0 bridgehead atoms. The van der Waals surface area contributed by atoms with Crippen molar-refractivity contribution < 1.29 is 5.11 Å². The van der Waals surface area contributed by atoms with E-state index in [0.717, 1.165) is 19.1 Å². The molecule has 0 aliphatic heterocycles. The molecule has 0 aliphatic carbocycles. The van der Waals surface area contributed by atoms with Crippen molar-refractivity contribution in [1.82, 2.24) is 23.1 Å². The molecule has 0 spiro atoms. The van der Waals surface area contributed by atoms with Crippen molar-refractivity contribution in [3.05, 3.63) is 72.0 Å². The maximum Gasteiger partial charge on any atom is 0.332 e. The zero-order valence-electron chi connectivity index (χ0n) is 14.9. The Hall–Kier alpha value is -4.02. The summed E-state index contributed by atoms with van der Waals surface area (Å²) in [5, 5.41) is 13.1. The molecule has 142 valence electrons. The van der Waals surface area contributed by atoms with Crippen LogP contribution in [-0.4, -0.2) is 28.2 Å². The van der Waals surface area contributed by atoms with Crippen molar-refractivity contribution >= 4 is 22.6 Å². The maximum absolute atomic E-state index is 12.7. The number of nitroso groups, excluding NO2 is 1. The van der Waals surface area contributed by atoms with Crippen LogP contribution in [0, 0.1) is 4.91 Å². The molecule has 0 radical (unpaired) electrons. The number of aromatic nitrogens is 5. The molecule has 0 amide bonds. The van der Waals surface area contributed by atoms with E-state index in [1.807, 2.05) is 6.07 Å². The van der Waals surface area contributed by atoms with Crippen LogP contribution in [0.15, 0.2) is 49.9 Å². The van der Waals surface area contributed by atoms with E-state index in [9.17, 15) is 24.4 Å². The monoisotopic (exact) mass is 382 g/mol. The fraction of sp³-hybridized carbons (Fsp3) is 0.176. The van der Waals surface area contributed by atoms with Gasteiger partial charge in [0.2, 0.25) is 17.3 Å². The third-order valence-electron chi connectivity index (χ3n) is 4.63. The van der Waals surface area contributed by atoms with Crippen LogP contribution in [0.3, 0.4) is 0 Å². The summed E-state index contributed by atoms with van der Waals surface area (Å²) in [6.45, 7) is 0.0521. The number of imidazole rings is 1. The highest BCUT2D eigenvalue weighted by Gasteiger charge is 2.24. The Morgan fingerprint density at radius 3 is 2.36 bits per heavy atom. The predicted octanol–water partition coefficient (Wildman–Crippen LogP) is 0.198. The summed E-state index contributed by atoms with van der Waals surface area (Å²) >= 11 is 0. The fourth-order valence-corrected chi connectivity index (χ4v) is 3.17. The molecule has 11 nitrogen and oxygen atoms in total. The van der Waals surface area contributed by atoms with E-state index in [4.69, 9.17) is 0 Å². The second kappa shape index (κ2) is 6.01. The van der Waals surface area contributed by atoms with E-state index in [0.29, 0.717) is 0 Å². The maximum atomic E-state index is 12.7. The van der Waals surface area contributed by atoms with Crippen LogP contribution in [0.4, 0.5) is 5.69 Å². The first-order chi connectivity index (χ1) is 13.4. The lowest BCUT2D eigenvalue weighted by Crippen LogP contribution is -2.37. The summed E-state index contributed by atoms with van der Waals surface area (Å²) in [7, 11) is 2.67. The van der Waals surface area contributed by atoms with Crippen LogP contribution >= 0.6 is 0 Å². The number of benzene rings is 1. The SMILES string of the molecule is Cn1c(=O)c2c(nc3n(Cc4ccccc4)c(O)c(N=O)c(=O)n23)n(C)c1=O. The molecule has 28 heavy (non-hydrogen) atoms. The van der Waals surface area contributed by atoms with Crippen LogP contribution < -0.4 is 16.8 Å². The van der Waals surface area contributed by atoms with E-state index in [1.54, 1.807) is 24.3 Å². The molecule has 0 fully saturated rings. The summed E-state index contributed by atoms with van der Waals surface area (Å²) in [6.07, 6.45) is 0. The van der Waals surface area contributed by atoms with Gasteiger partial charge >= 0.3 is 5.69 Å². The van der Waals surface area contributed by atoms with Gasteiger partial charge in [0.1, 0.15) is 0 Å². The Kier molecular flexibility index (Phi) is 3.73. The van der Waals surface area contributed by atoms with Gasteiger partial charge in [0.15, 0.2) is 11.2 Å². The average Bonchev–Trinajstić information content (AvgIpc) is 3.10. The molecular formula is C17H14N6O5. The minimum absolute atomic E-state index is 0.0468. The zero-order chi connectivity index (χ0) is 20.2. The van der Waals surface area contributed by atoms with Gasteiger partial charge in [0.05, 0.1) is 6.54 Å². The van der Waals surface area contributed by atoms with E-state index in [1.165, 1.54) is 18.7 Å². The first-order valence-corrected chi connectivity index (χ1v) is 8.18. The van der Waals surface area contributed by atoms with Gasteiger partial charge in [0, 0.05) is 14.1 Å². The fourth-order valence-electron chi connectivity index (χ4n) is 3.17. The van der Waals surface area contributed by atoms with Crippen LogP contribution in [0.2, 0.25) is 0 Å². The summed E-state index contributed by atoms with van der Waals surface area (Å²) in [6, 6.07) is 8.93. The van der Waals surface area contributed by atoms with Gasteiger partial charge in [-0.15, -0.1) is 4.91 Å². The highest BCUT2D eigenvalue weighted by molar-refractivity contribution is 5.76. The van der Waals surface area contributed by atoms with Gasteiger partial charge in [-0.25, -0.2) is 9.20 Å². The number of hydrogen-bond donors (Lipinski definition) is 1. The van der Waals surface area contributed by atoms with Crippen molar-refractivity contribution in [3.8, 4) is 5.88 Å². The molecule has 1 N–H and O–H groups in total. The summed E-state index contributed by atoms with van der Waals surface area (Å²) in [5.41, 5.74) is -2.61. The second-order valence-corrected chi connectivity index (χ2v) is 6.27. The quantitative estimate of drug-likeness (QED) is 0.503. The minimum Gasteiger partial charge on any atom is -0.493 e. The van der Waals surface area contributed by atoms with Crippen molar-refractivity contribution in [3.63, 3.8) is 0 Å². The van der Waals surface area contributed by atoms with Crippen LogP contribution in [-0.2, 0) is 20.6 Å². The number of aromatic hydroxyl groups is 1. The van der Waals surface area contributed by atoms with E-state index in [-0.39, 0.29) is 23.5 Å². The van der Waals surface area contributed by atoms with Crippen LogP contribution in [0.5, 0.6) is 5.88 Å². The Bertz CT molecular complexity index is 1440. The lowest BCUT2D eigenvalue weighted by Gasteiger charge is -2.11. The third kappa shape index (κ3) is 2.22. The number of fused-ring (bicyclic) bond motifs is 3. The van der Waals surface area contributed by atoms with Crippen LogP contribution in [0.1, 0.15) is 5.56 Å². The highest BCUT2D eigenvalue weighted by Crippen LogP contribution is 2.26. The van der Waals surface area contributed by atoms with Gasteiger partial charge in [-0.3, -0.25) is 23.3 Å². The Morgan fingerprint density at radius 2 is 1.71 bits per heavy atom. The van der Waals surface area contributed by atoms with Gasteiger partial charge in [-0.2, -0.15) is 4.98 Å². The summed E-state index contributed by atoms with van der Waals surface area (Å²) < 4.78 is 4.03. The molecule has 11 heteroatoms. The average molecular weight is 382 g/mol. The van der Waals surface area contributed by atoms with Gasteiger partial charge in [-0.05, 0) is 10.7 Å². The van der Waals surface area contributed by atoms with E-state index in [2.05, 4.69) is 10.2 Å². The second-order valence-electron chi connectivity index (χ2n) is 6.27. The molecule has 0 unspecified atom stereocenters. The van der Waals surface area contributed by atoms with E-state index >= 15 is 0 Å². The minimum atomic E-state index is -0.995. The normalized spacial score (nSPS) is 11.4. The van der Waals surface area contributed by atoms with Gasteiger partial charge in [0.25, 0.3) is 11.1 Å². The molecule has 4 aromatic rings. The molecule has 0 saturated carbocycles. The van der Waals surface area contributed by atoms with Crippen molar-refractivity contribution in [2.45, 2.75) is 6.54 Å². The lowest BCUT2D eigenvalue weighted by atomic mass is 10.2. The summed E-state index contributed by atoms with van der Waals surface area (Å²) in [5.74, 6) is -0.763. The largest absolute Gasteiger partial charge is 0.493 e. The molecule has 3 heterocycles. The molecule has 3 aromatic heterocycles. The molecule has 0 saturated heterocycles. The first-order valence-electron chi connectivity index (χ1n) is 8.18. The van der Waals surface area contributed by atoms with E-state index < -0.39 is 28.4 Å². The Balaban J connectivity index is 2.25. The van der Waals surface area contributed by atoms with Crippen molar-refractivity contribution in [1.29, 1.82) is 0 Å². The molecule has 0 atom stereocenters. The highest BCUT2D eigenvalue weighted by atomic mass is 16.3. The predicted molar refractivity (Wildman–Crippen MR) is 100 cm³/mol. The third-order valence-corrected chi connectivity index (χ3v) is 4.63. The number of hydrogen-bond acceptors (Lipinski definition) is 7. The zero-order valence-corrected chi connectivity index (χ0v) is 14.9. The molecule has 0 aliphatic rings. The van der Waals surface area contributed by atoms with Crippen molar-refractivity contribution in [2.75, 3.05) is 0 Å². The van der Waals surface area contributed by atoms with Gasteiger partial charge in [-0.1, -0.05) is 30.3 Å². The topological polar surface area (TPSA) is 133 Å². The van der Waals surface area contributed by atoms with Gasteiger partial charge < -0.3 is 5.11 Å². The number of aryl methyl sites for hydroxylation is 1. The molecule has 1 aromatic carbocycles. The first kappa shape index (κ1) is 17.4. The number of rotatable bonds is 3. The summed E-state index contributed by atoms with van der Waals surface area (Å²) in [4.78, 5) is 53.1. The Labute approximate surface area is 155 Å². The van der Waals surface area contributed by atoms with Crippen molar-refractivity contribution in [2.24, 2.45) is 19.3 Å². The van der Waals surface area contributed by atoms with Crippen LogP contribution in [0.25, 0.3) is 16.9 Å².